The highest BCUT2D eigenvalue weighted by molar-refractivity contribution is 7.26. The third-order valence-electron chi connectivity index (χ3n) is 9.25. The fourth-order valence-electron chi connectivity index (χ4n) is 6.96. The fourth-order valence-corrected chi connectivity index (χ4v) is 8.13. The van der Waals surface area contributed by atoms with Crippen LogP contribution in [0.15, 0.2) is 188 Å². The molecule has 2 heteroatoms. The summed E-state index contributed by atoms with van der Waals surface area (Å²) in [6, 6.07) is 68.0. The number of thiophene rings is 1. The third-order valence-corrected chi connectivity index (χ3v) is 10.4. The zero-order chi connectivity index (χ0) is 31.9. The van der Waals surface area contributed by atoms with E-state index < -0.39 is 0 Å². The average molecular weight is 630 g/mol. The molecule has 0 spiro atoms. The van der Waals surface area contributed by atoms with Crippen LogP contribution in [-0.4, -0.2) is 0 Å². The van der Waals surface area contributed by atoms with Gasteiger partial charge in [0.25, 0.3) is 0 Å². The molecule has 226 valence electrons. The fraction of sp³-hybridized carbons (Fsp3) is 0. The van der Waals surface area contributed by atoms with Crippen molar-refractivity contribution in [3.05, 3.63) is 188 Å². The van der Waals surface area contributed by atoms with E-state index in [-0.39, 0.29) is 0 Å². The van der Waals surface area contributed by atoms with Crippen LogP contribution in [0.25, 0.3) is 64.3 Å². The molecule has 1 aromatic heterocycles. The first-order valence-corrected chi connectivity index (χ1v) is 17.2. The number of benzene rings is 8. The Hall–Kier alpha value is -5.96. The molecule has 48 heavy (non-hydrogen) atoms. The average Bonchev–Trinajstić information content (AvgIpc) is 3.53. The smallest absolute Gasteiger partial charge is 0.0467 e. The van der Waals surface area contributed by atoms with Crippen molar-refractivity contribution in [3.63, 3.8) is 0 Å². The second-order valence-corrected chi connectivity index (χ2v) is 13.2. The molecule has 0 saturated heterocycles. The second kappa shape index (κ2) is 12.0. The first-order chi connectivity index (χ1) is 23.8. The molecule has 9 rings (SSSR count). The van der Waals surface area contributed by atoms with E-state index in [9.17, 15) is 0 Å². The van der Waals surface area contributed by atoms with Crippen LogP contribution in [0, 0.1) is 0 Å². The van der Waals surface area contributed by atoms with Crippen molar-refractivity contribution in [2.75, 3.05) is 4.90 Å². The number of fused-ring (bicyclic) bond motifs is 4. The minimum atomic E-state index is 1.12. The zero-order valence-corrected chi connectivity index (χ0v) is 27.1. The van der Waals surface area contributed by atoms with Gasteiger partial charge < -0.3 is 4.90 Å². The lowest BCUT2D eigenvalue weighted by molar-refractivity contribution is 1.28. The van der Waals surface area contributed by atoms with Gasteiger partial charge in [0.1, 0.15) is 0 Å². The lowest BCUT2D eigenvalue weighted by Crippen LogP contribution is -2.09. The van der Waals surface area contributed by atoms with E-state index in [0.717, 1.165) is 17.1 Å². The molecule has 0 bridgehead atoms. The Morgan fingerprint density at radius 3 is 1.65 bits per heavy atom. The SMILES string of the molecule is c1ccc(-c2ccc(-c3cccc(N(c4ccccc4)c4ccc(-c5c6ccccc6cc6sc7ccccc7c56)cc4)c3)cc2)cc1. The van der Waals surface area contributed by atoms with Gasteiger partial charge >= 0.3 is 0 Å². The van der Waals surface area contributed by atoms with Gasteiger partial charge in [-0.2, -0.15) is 0 Å². The number of anilines is 3. The molecule has 0 radical (unpaired) electrons. The Morgan fingerprint density at radius 1 is 0.333 bits per heavy atom. The first-order valence-electron chi connectivity index (χ1n) is 16.3. The summed E-state index contributed by atoms with van der Waals surface area (Å²) in [5.41, 5.74) is 10.7. The number of para-hydroxylation sites is 1. The van der Waals surface area contributed by atoms with Gasteiger partial charge in [-0.25, -0.2) is 0 Å². The summed E-state index contributed by atoms with van der Waals surface area (Å²) >= 11 is 1.88. The van der Waals surface area contributed by atoms with Crippen LogP contribution in [-0.2, 0) is 0 Å². The monoisotopic (exact) mass is 629 g/mol. The highest BCUT2D eigenvalue weighted by Gasteiger charge is 2.17. The predicted molar refractivity (Wildman–Crippen MR) is 208 cm³/mol. The molecule has 0 aliphatic heterocycles. The van der Waals surface area contributed by atoms with Crippen LogP contribution in [0.2, 0.25) is 0 Å². The first kappa shape index (κ1) is 28.3. The van der Waals surface area contributed by atoms with E-state index in [2.05, 4.69) is 193 Å². The van der Waals surface area contributed by atoms with E-state index in [1.54, 1.807) is 0 Å². The van der Waals surface area contributed by atoms with Crippen molar-refractivity contribution in [1.29, 1.82) is 0 Å². The molecule has 0 unspecified atom stereocenters. The number of rotatable bonds is 6. The maximum absolute atomic E-state index is 2.35. The Bertz CT molecular complexity index is 2530. The lowest BCUT2D eigenvalue weighted by Gasteiger charge is -2.26. The van der Waals surface area contributed by atoms with Gasteiger partial charge in [-0.1, -0.05) is 140 Å². The van der Waals surface area contributed by atoms with Crippen LogP contribution in [0.3, 0.4) is 0 Å². The van der Waals surface area contributed by atoms with Crippen LogP contribution < -0.4 is 4.90 Å². The zero-order valence-electron chi connectivity index (χ0n) is 26.3. The Morgan fingerprint density at radius 2 is 0.875 bits per heavy atom. The summed E-state index contributed by atoms with van der Waals surface area (Å²) < 4.78 is 2.65. The standard InChI is InChI=1S/C46H31NS/c1-3-12-32(13-4-1)33-22-24-34(25-23-33)36-15-11-18-40(30-36)47(38-16-5-2-6-17-38)39-28-26-35(27-29-39)45-41-19-8-7-14-37(41)31-44-46(45)42-20-9-10-21-43(42)48-44/h1-31H. The second-order valence-electron chi connectivity index (χ2n) is 12.2. The highest BCUT2D eigenvalue weighted by Crippen LogP contribution is 2.45. The number of hydrogen-bond acceptors (Lipinski definition) is 2. The van der Waals surface area contributed by atoms with Gasteiger partial charge in [-0.3, -0.25) is 0 Å². The molecule has 0 saturated carbocycles. The van der Waals surface area contributed by atoms with Crippen molar-refractivity contribution in [3.8, 4) is 33.4 Å². The van der Waals surface area contributed by atoms with E-state index in [4.69, 9.17) is 0 Å². The van der Waals surface area contributed by atoms with Gasteiger partial charge in [0.05, 0.1) is 0 Å². The number of nitrogens with zero attached hydrogens (tertiary/aromatic N) is 1. The Kier molecular flexibility index (Phi) is 7.07. The van der Waals surface area contributed by atoms with Crippen molar-refractivity contribution in [2.24, 2.45) is 0 Å². The van der Waals surface area contributed by atoms with E-state index in [0.29, 0.717) is 0 Å². The molecule has 0 aliphatic rings. The van der Waals surface area contributed by atoms with Gasteiger partial charge in [-0.05, 0) is 92.7 Å². The molecule has 9 aromatic rings. The molecule has 0 N–H and O–H groups in total. The quantitative estimate of drug-likeness (QED) is 0.177. The third kappa shape index (κ3) is 5.04. The summed E-state index contributed by atoms with van der Waals surface area (Å²) in [5, 5.41) is 5.22. The van der Waals surface area contributed by atoms with Crippen molar-refractivity contribution in [2.45, 2.75) is 0 Å². The maximum atomic E-state index is 2.35. The predicted octanol–water partition coefficient (Wildman–Crippen LogP) is 13.7. The van der Waals surface area contributed by atoms with E-state index in [1.807, 2.05) is 11.3 Å². The minimum Gasteiger partial charge on any atom is -0.310 e. The molecule has 1 nitrogen and oxygen atoms in total. The molecule has 0 amide bonds. The van der Waals surface area contributed by atoms with E-state index >= 15 is 0 Å². The summed E-state index contributed by atoms with van der Waals surface area (Å²) in [6.45, 7) is 0. The number of hydrogen-bond donors (Lipinski definition) is 0. The van der Waals surface area contributed by atoms with Gasteiger partial charge in [0.15, 0.2) is 0 Å². The Labute approximate surface area is 284 Å². The van der Waals surface area contributed by atoms with Crippen LogP contribution >= 0.6 is 11.3 Å². The molecular weight excluding hydrogens is 599 g/mol. The normalized spacial score (nSPS) is 11.3. The highest BCUT2D eigenvalue weighted by atomic mass is 32.1. The lowest BCUT2D eigenvalue weighted by atomic mass is 9.93. The molecule has 0 fully saturated rings. The maximum Gasteiger partial charge on any atom is 0.0467 e. The summed E-state index contributed by atoms with van der Waals surface area (Å²) in [7, 11) is 0. The molecule has 0 aliphatic carbocycles. The molecule has 1 heterocycles. The van der Waals surface area contributed by atoms with Gasteiger partial charge in [0.2, 0.25) is 0 Å². The van der Waals surface area contributed by atoms with E-state index in [1.165, 1.54) is 64.3 Å². The largest absolute Gasteiger partial charge is 0.310 e. The van der Waals surface area contributed by atoms with Crippen molar-refractivity contribution < 1.29 is 0 Å². The van der Waals surface area contributed by atoms with Crippen molar-refractivity contribution >= 4 is 59.3 Å². The molecule has 0 atom stereocenters. The van der Waals surface area contributed by atoms with Gasteiger partial charge in [0, 0.05) is 37.2 Å². The Balaban J connectivity index is 1.14. The summed E-state index contributed by atoms with van der Waals surface area (Å²) in [6.07, 6.45) is 0. The van der Waals surface area contributed by atoms with Gasteiger partial charge in [-0.15, -0.1) is 11.3 Å². The van der Waals surface area contributed by atoms with Crippen LogP contribution in [0.1, 0.15) is 0 Å². The summed E-state index contributed by atoms with van der Waals surface area (Å²) in [5.74, 6) is 0. The van der Waals surface area contributed by atoms with Crippen LogP contribution in [0.5, 0.6) is 0 Å². The van der Waals surface area contributed by atoms with Crippen molar-refractivity contribution in [1.82, 2.24) is 0 Å². The topological polar surface area (TPSA) is 3.24 Å². The minimum absolute atomic E-state index is 1.12. The summed E-state index contributed by atoms with van der Waals surface area (Å²) in [4.78, 5) is 2.35. The van der Waals surface area contributed by atoms with Crippen LogP contribution in [0.4, 0.5) is 17.1 Å². The molecule has 8 aromatic carbocycles. The molecular formula is C46H31NS.